The van der Waals surface area contributed by atoms with Crippen LogP contribution in [-0.4, -0.2) is 46.6 Å². The largest absolute Gasteiger partial charge is 0.444 e. The van der Waals surface area contributed by atoms with Crippen molar-refractivity contribution in [3.8, 4) is 22.4 Å². The van der Waals surface area contributed by atoms with E-state index >= 15 is 0 Å². The zero-order valence-corrected chi connectivity index (χ0v) is 24.1. The van der Waals surface area contributed by atoms with Crippen LogP contribution >= 0.6 is 0 Å². The Balaban J connectivity index is 1.32. The maximum Gasteiger partial charge on any atom is 0.407 e. The highest BCUT2D eigenvalue weighted by molar-refractivity contribution is 6.04. The van der Waals surface area contributed by atoms with Gasteiger partial charge in [0, 0.05) is 55.1 Å². The molecule has 0 spiro atoms. The van der Waals surface area contributed by atoms with Crippen LogP contribution in [0.1, 0.15) is 52.5 Å². The Labute approximate surface area is 238 Å². The zero-order chi connectivity index (χ0) is 28.9. The molecule has 1 N–H and O–H groups in total. The molecule has 10 heteroatoms. The number of hydrogen-bond acceptors (Lipinski definition) is 6. The molecule has 1 fully saturated rings. The Morgan fingerprint density at radius 2 is 1.71 bits per heavy atom. The van der Waals surface area contributed by atoms with Crippen LogP contribution in [0.5, 0.6) is 0 Å². The van der Waals surface area contributed by atoms with Crippen molar-refractivity contribution in [2.75, 3.05) is 0 Å². The van der Waals surface area contributed by atoms with Gasteiger partial charge in [-0.3, -0.25) is 23.8 Å². The van der Waals surface area contributed by atoms with Crippen LogP contribution in [0.4, 0.5) is 4.79 Å². The normalized spacial score (nSPS) is 17.7. The Kier molecular flexibility index (Phi) is 6.63. The predicted molar refractivity (Wildman–Crippen MR) is 159 cm³/mol. The number of alkyl carbamates (subject to hydrolysis) is 1. The molecule has 1 aliphatic rings. The zero-order valence-electron chi connectivity index (χ0n) is 24.1. The smallest absolute Gasteiger partial charge is 0.407 e. The third-order valence-electron chi connectivity index (χ3n) is 7.80. The van der Waals surface area contributed by atoms with Gasteiger partial charge in [0.25, 0.3) is 0 Å². The lowest BCUT2D eigenvalue weighted by molar-refractivity contribution is 0.0488. The predicted octanol–water partition coefficient (Wildman–Crippen LogP) is 5.36. The number of aromatic nitrogens is 6. The molecule has 0 atom stereocenters. The number of rotatable bonds is 4. The number of hydrogen-bond donors (Lipinski definition) is 1. The van der Waals surface area contributed by atoms with Crippen molar-refractivity contribution in [1.82, 2.24) is 34.2 Å². The highest BCUT2D eigenvalue weighted by Crippen LogP contribution is 2.34. The summed E-state index contributed by atoms with van der Waals surface area (Å²) in [6.07, 6.45) is 10.1. The third-order valence-corrected chi connectivity index (χ3v) is 7.80. The monoisotopic (exact) mass is 553 g/mol. The summed E-state index contributed by atoms with van der Waals surface area (Å²) in [5.41, 5.74) is 5.76. The number of carbonyl (C=O) groups is 1. The molecule has 1 saturated carbocycles. The maximum absolute atomic E-state index is 13.6. The van der Waals surface area contributed by atoms with E-state index in [1.165, 1.54) is 0 Å². The number of benzene rings is 1. The molecule has 6 rings (SSSR count). The first-order chi connectivity index (χ1) is 19.6. The second-order valence-corrected chi connectivity index (χ2v) is 11.9. The topological polar surface area (TPSA) is 109 Å². The Bertz CT molecular complexity index is 1800. The molecule has 0 radical (unpaired) electrons. The highest BCUT2D eigenvalue weighted by Gasteiger charge is 2.28. The molecular formula is C31H35N7O3. The second-order valence-electron chi connectivity index (χ2n) is 11.9. The van der Waals surface area contributed by atoms with Crippen LogP contribution in [0.25, 0.3) is 44.3 Å². The molecule has 0 aliphatic heterocycles. The fraction of sp³-hybridized carbons (Fsp3) is 0.387. The van der Waals surface area contributed by atoms with Crippen LogP contribution < -0.4 is 11.0 Å². The minimum Gasteiger partial charge on any atom is -0.444 e. The van der Waals surface area contributed by atoms with E-state index < -0.39 is 11.7 Å². The van der Waals surface area contributed by atoms with E-state index in [-0.39, 0.29) is 17.8 Å². The number of pyridine rings is 2. The SMILES string of the molecule is Cn1cc(-c2ccc(-c3ccc4ncc5c(c4c3)n(C3CCC(NC(=O)OC(C)(C)C)CC3)c(=O)n5C)cn2)cn1. The van der Waals surface area contributed by atoms with Crippen molar-refractivity contribution in [2.24, 2.45) is 14.1 Å². The molecule has 4 aromatic heterocycles. The lowest BCUT2D eigenvalue weighted by Gasteiger charge is -2.30. The molecule has 0 bridgehead atoms. The van der Waals surface area contributed by atoms with Gasteiger partial charge in [-0.1, -0.05) is 12.1 Å². The van der Waals surface area contributed by atoms with Gasteiger partial charge in [0.2, 0.25) is 0 Å². The average Bonchev–Trinajstić information content (AvgIpc) is 3.48. The number of imidazole rings is 1. The highest BCUT2D eigenvalue weighted by atomic mass is 16.6. The second kappa shape index (κ2) is 10.2. The number of nitrogens with zero attached hydrogens (tertiary/aromatic N) is 6. The van der Waals surface area contributed by atoms with Crippen molar-refractivity contribution >= 4 is 28.0 Å². The van der Waals surface area contributed by atoms with Crippen molar-refractivity contribution < 1.29 is 9.53 Å². The lowest BCUT2D eigenvalue weighted by atomic mass is 9.91. The Morgan fingerprint density at radius 1 is 0.951 bits per heavy atom. The van der Waals surface area contributed by atoms with Gasteiger partial charge in [-0.15, -0.1) is 0 Å². The summed E-state index contributed by atoms with van der Waals surface area (Å²) in [6.45, 7) is 5.57. The molecular weight excluding hydrogens is 518 g/mol. The number of ether oxygens (including phenoxy) is 1. The van der Waals surface area contributed by atoms with E-state index in [0.29, 0.717) is 0 Å². The summed E-state index contributed by atoms with van der Waals surface area (Å²) in [5.74, 6) is 0. The maximum atomic E-state index is 13.6. The Morgan fingerprint density at radius 3 is 2.37 bits per heavy atom. The number of aryl methyl sites for hydroxylation is 2. The van der Waals surface area contributed by atoms with Crippen LogP contribution in [0.2, 0.25) is 0 Å². The number of amides is 1. The average molecular weight is 554 g/mol. The van der Waals surface area contributed by atoms with E-state index in [4.69, 9.17) is 4.74 Å². The van der Waals surface area contributed by atoms with E-state index in [9.17, 15) is 9.59 Å². The summed E-state index contributed by atoms with van der Waals surface area (Å²) in [5, 5.41) is 8.17. The van der Waals surface area contributed by atoms with Gasteiger partial charge in [-0.05, 0) is 70.2 Å². The van der Waals surface area contributed by atoms with Crippen LogP contribution in [-0.2, 0) is 18.8 Å². The first-order valence-corrected chi connectivity index (χ1v) is 14.0. The van der Waals surface area contributed by atoms with Crippen molar-refractivity contribution in [2.45, 2.75) is 64.1 Å². The van der Waals surface area contributed by atoms with Gasteiger partial charge in [0.1, 0.15) is 5.60 Å². The molecule has 4 heterocycles. The first kappa shape index (κ1) is 26.7. The van der Waals surface area contributed by atoms with Crippen molar-refractivity contribution in [1.29, 1.82) is 0 Å². The fourth-order valence-corrected chi connectivity index (χ4v) is 5.79. The molecule has 41 heavy (non-hydrogen) atoms. The fourth-order valence-electron chi connectivity index (χ4n) is 5.79. The van der Waals surface area contributed by atoms with Gasteiger partial charge in [0.15, 0.2) is 0 Å². The molecule has 5 aromatic rings. The summed E-state index contributed by atoms with van der Waals surface area (Å²) >= 11 is 0. The van der Waals surface area contributed by atoms with E-state index in [1.807, 2.05) is 63.0 Å². The standard InChI is InChI=1S/C31H35N7O3/c1-31(2,3)41-29(39)35-22-8-10-23(11-9-22)38-28-24-14-19(6-13-26(24)33-17-27(28)37(5)30(38)40)20-7-12-25(32-15-20)21-16-34-36(4)18-21/h6-7,12-18,22-23H,8-11H2,1-5H3,(H,35,39). The van der Waals surface area contributed by atoms with Gasteiger partial charge >= 0.3 is 11.8 Å². The molecule has 0 unspecified atom stereocenters. The van der Waals surface area contributed by atoms with Crippen LogP contribution in [0.3, 0.4) is 0 Å². The van der Waals surface area contributed by atoms with Gasteiger partial charge in [-0.25, -0.2) is 9.59 Å². The third kappa shape index (κ3) is 5.21. The summed E-state index contributed by atoms with van der Waals surface area (Å²) < 4.78 is 10.8. The van der Waals surface area contributed by atoms with Crippen LogP contribution in [0.15, 0.2) is 59.9 Å². The number of fused-ring (bicyclic) bond motifs is 3. The minimum atomic E-state index is -0.539. The van der Waals surface area contributed by atoms with Gasteiger partial charge in [-0.2, -0.15) is 5.10 Å². The molecule has 10 nitrogen and oxygen atoms in total. The molecule has 1 aromatic carbocycles. The molecule has 0 saturated heterocycles. The van der Waals surface area contributed by atoms with E-state index in [1.54, 1.807) is 28.7 Å². The quantitative estimate of drug-likeness (QED) is 0.321. The summed E-state index contributed by atoms with van der Waals surface area (Å²) in [7, 11) is 3.69. The summed E-state index contributed by atoms with van der Waals surface area (Å²) in [6, 6.07) is 10.3. The lowest BCUT2D eigenvalue weighted by Crippen LogP contribution is -2.41. The first-order valence-electron chi connectivity index (χ1n) is 14.0. The summed E-state index contributed by atoms with van der Waals surface area (Å²) in [4.78, 5) is 35.2. The van der Waals surface area contributed by atoms with Gasteiger partial charge < -0.3 is 10.1 Å². The molecule has 212 valence electrons. The van der Waals surface area contributed by atoms with E-state index in [0.717, 1.165) is 70.0 Å². The molecule has 1 amide bonds. The van der Waals surface area contributed by atoms with Crippen molar-refractivity contribution in [3.63, 3.8) is 0 Å². The number of carbonyl (C=O) groups excluding carboxylic acids is 1. The van der Waals surface area contributed by atoms with Crippen molar-refractivity contribution in [3.05, 3.63) is 65.6 Å². The number of nitrogens with one attached hydrogen (secondary N) is 1. The molecule has 1 aliphatic carbocycles. The Hall–Kier alpha value is -4.47. The van der Waals surface area contributed by atoms with E-state index in [2.05, 4.69) is 32.5 Å². The minimum absolute atomic E-state index is 0.0255. The van der Waals surface area contributed by atoms with Crippen LogP contribution in [0, 0.1) is 0 Å². The van der Waals surface area contributed by atoms with Gasteiger partial charge in [0.05, 0.1) is 34.6 Å².